The topological polar surface area (TPSA) is 72.2 Å². The highest BCUT2D eigenvalue weighted by molar-refractivity contribution is 5.97. The number of rotatable bonds is 8. The van der Waals surface area contributed by atoms with Crippen LogP contribution in [0.5, 0.6) is 0 Å². The van der Waals surface area contributed by atoms with Crippen molar-refractivity contribution in [1.29, 1.82) is 0 Å². The van der Waals surface area contributed by atoms with E-state index in [9.17, 15) is 9.59 Å². The number of carbonyl (C=O) groups is 2. The summed E-state index contributed by atoms with van der Waals surface area (Å²) in [5.41, 5.74) is 8.01. The van der Waals surface area contributed by atoms with Crippen molar-refractivity contribution >= 4 is 11.8 Å². The Hall–Kier alpha value is -1.84. The van der Waals surface area contributed by atoms with E-state index in [0.29, 0.717) is 12.0 Å². The van der Waals surface area contributed by atoms with Crippen molar-refractivity contribution in [1.82, 2.24) is 5.32 Å². The molecule has 116 valence electrons. The Kier molecular flexibility index (Phi) is 6.92. The summed E-state index contributed by atoms with van der Waals surface area (Å²) >= 11 is 0. The standard InChI is InChI=1S/C17H26N2O2/c1-4-5-6-7-8-15(16(18)20)19-17(21)14-10-12(2)9-13(3)11-14/h9-11,15H,4-8H2,1-3H3,(H2,18,20)(H,19,21)/t15-/m0/s1. The largest absolute Gasteiger partial charge is 0.368 e. The lowest BCUT2D eigenvalue weighted by molar-refractivity contribution is -0.120. The summed E-state index contributed by atoms with van der Waals surface area (Å²) in [6.07, 6.45) is 4.83. The van der Waals surface area contributed by atoms with Crippen molar-refractivity contribution in [3.63, 3.8) is 0 Å². The molecule has 0 aliphatic heterocycles. The molecule has 0 aliphatic rings. The van der Waals surface area contributed by atoms with Gasteiger partial charge in [-0.05, 0) is 32.4 Å². The molecule has 1 aromatic rings. The first-order valence-corrected chi connectivity index (χ1v) is 7.62. The zero-order valence-corrected chi connectivity index (χ0v) is 13.2. The Morgan fingerprint density at radius 3 is 2.24 bits per heavy atom. The lowest BCUT2D eigenvalue weighted by Crippen LogP contribution is -2.44. The molecule has 4 heteroatoms. The molecule has 21 heavy (non-hydrogen) atoms. The first-order chi connectivity index (χ1) is 9.93. The maximum atomic E-state index is 12.2. The van der Waals surface area contributed by atoms with Crippen LogP contribution in [-0.4, -0.2) is 17.9 Å². The lowest BCUT2D eigenvalue weighted by atomic mass is 10.0. The summed E-state index contributed by atoms with van der Waals surface area (Å²) in [5.74, 6) is -0.703. The monoisotopic (exact) mass is 290 g/mol. The summed E-state index contributed by atoms with van der Waals surface area (Å²) in [6, 6.07) is 5.05. The molecule has 0 fully saturated rings. The normalized spacial score (nSPS) is 12.0. The number of unbranched alkanes of at least 4 members (excludes halogenated alkanes) is 3. The van der Waals surface area contributed by atoms with Gasteiger partial charge in [0.05, 0.1) is 0 Å². The molecule has 4 nitrogen and oxygen atoms in total. The number of hydrogen-bond donors (Lipinski definition) is 2. The maximum Gasteiger partial charge on any atom is 0.251 e. The molecule has 0 aliphatic carbocycles. The minimum atomic E-state index is -0.588. The summed E-state index contributed by atoms with van der Waals surface area (Å²) in [7, 11) is 0. The van der Waals surface area contributed by atoms with Gasteiger partial charge in [-0.25, -0.2) is 0 Å². The smallest absolute Gasteiger partial charge is 0.251 e. The molecule has 1 rings (SSSR count). The molecule has 0 saturated carbocycles. The maximum absolute atomic E-state index is 12.2. The van der Waals surface area contributed by atoms with Gasteiger partial charge in [0.2, 0.25) is 5.91 Å². The van der Waals surface area contributed by atoms with Gasteiger partial charge in [-0.3, -0.25) is 9.59 Å². The fourth-order valence-electron chi connectivity index (χ4n) is 2.41. The molecule has 2 amide bonds. The quantitative estimate of drug-likeness (QED) is 0.723. The summed E-state index contributed by atoms with van der Waals surface area (Å²) in [4.78, 5) is 23.7. The van der Waals surface area contributed by atoms with Crippen LogP contribution >= 0.6 is 0 Å². The first-order valence-electron chi connectivity index (χ1n) is 7.62. The van der Waals surface area contributed by atoms with E-state index in [-0.39, 0.29) is 5.91 Å². The van der Waals surface area contributed by atoms with E-state index < -0.39 is 11.9 Å². The van der Waals surface area contributed by atoms with Crippen molar-refractivity contribution in [2.24, 2.45) is 5.73 Å². The van der Waals surface area contributed by atoms with Crippen LogP contribution < -0.4 is 11.1 Å². The third-order valence-corrected chi connectivity index (χ3v) is 3.48. The Labute approximate surface area is 127 Å². The van der Waals surface area contributed by atoms with Crippen LogP contribution in [-0.2, 0) is 4.79 Å². The van der Waals surface area contributed by atoms with Gasteiger partial charge in [0.1, 0.15) is 6.04 Å². The molecule has 3 N–H and O–H groups in total. The van der Waals surface area contributed by atoms with Gasteiger partial charge in [-0.15, -0.1) is 0 Å². The predicted molar refractivity (Wildman–Crippen MR) is 85.1 cm³/mol. The average Bonchev–Trinajstić information content (AvgIpc) is 2.40. The van der Waals surface area contributed by atoms with Crippen molar-refractivity contribution < 1.29 is 9.59 Å². The second kappa shape index (κ2) is 8.45. The number of nitrogens with two attached hydrogens (primary N) is 1. The van der Waals surface area contributed by atoms with E-state index in [1.54, 1.807) is 0 Å². The summed E-state index contributed by atoms with van der Waals surface area (Å²) in [5, 5.41) is 2.75. The molecular formula is C17H26N2O2. The number of primary amides is 1. The molecule has 0 saturated heterocycles. The highest BCUT2D eigenvalue weighted by atomic mass is 16.2. The van der Waals surface area contributed by atoms with E-state index in [4.69, 9.17) is 5.73 Å². The van der Waals surface area contributed by atoms with E-state index in [2.05, 4.69) is 12.2 Å². The van der Waals surface area contributed by atoms with Gasteiger partial charge in [0.15, 0.2) is 0 Å². The number of aryl methyl sites for hydroxylation is 2. The van der Waals surface area contributed by atoms with Gasteiger partial charge >= 0.3 is 0 Å². The Bertz CT molecular complexity index is 477. The Morgan fingerprint density at radius 2 is 1.71 bits per heavy atom. The number of nitrogens with one attached hydrogen (secondary N) is 1. The van der Waals surface area contributed by atoms with Gasteiger partial charge in [0, 0.05) is 5.56 Å². The minimum absolute atomic E-state index is 0.235. The van der Waals surface area contributed by atoms with Gasteiger partial charge in [-0.2, -0.15) is 0 Å². The van der Waals surface area contributed by atoms with Crippen LogP contribution in [0.15, 0.2) is 18.2 Å². The van der Waals surface area contributed by atoms with Gasteiger partial charge in [0.25, 0.3) is 5.91 Å². The van der Waals surface area contributed by atoms with Crippen LogP contribution in [0.25, 0.3) is 0 Å². The average molecular weight is 290 g/mol. The van der Waals surface area contributed by atoms with Gasteiger partial charge < -0.3 is 11.1 Å². The number of carbonyl (C=O) groups excluding carboxylic acids is 2. The highest BCUT2D eigenvalue weighted by Crippen LogP contribution is 2.10. The van der Waals surface area contributed by atoms with E-state index in [1.807, 2.05) is 32.0 Å². The second-order valence-corrected chi connectivity index (χ2v) is 5.65. The Balaban J connectivity index is 2.65. The molecule has 0 radical (unpaired) electrons. The van der Waals surface area contributed by atoms with Crippen molar-refractivity contribution in [2.75, 3.05) is 0 Å². The fraction of sp³-hybridized carbons (Fsp3) is 0.529. The van der Waals surface area contributed by atoms with Crippen molar-refractivity contribution in [3.05, 3.63) is 34.9 Å². The van der Waals surface area contributed by atoms with Crippen molar-refractivity contribution in [2.45, 2.75) is 58.9 Å². The summed E-state index contributed by atoms with van der Waals surface area (Å²) < 4.78 is 0. The van der Waals surface area contributed by atoms with Crippen LogP contribution in [0.1, 0.15) is 60.5 Å². The van der Waals surface area contributed by atoms with Crippen LogP contribution in [0, 0.1) is 13.8 Å². The molecule has 0 unspecified atom stereocenters. The highest BCUT2D eigenvalue weighted by Gasteiger charge is 2.18. The fourth-order valence-corrected chi connectivity index (χ4v) is 2.41. The first kappa shape index (κ1) is 17.2. The zero-order chi connectivity index (χ0) is 15.8. The third kappa shape index (κ3) is 5.98. The molecule has 0 heterocycles. The van der Waals surface area contributed by atoms with Crippen LogP contribution in [0.2, 0.25) is 0 Å². The molecule has 0 spiro atoms. The number of benzene rings is 1. The van der Waals surface area contributed by atoms with Crippen molar-refractivity contribution in [3.8, 4) is 0 Å². The summed E-state index contributed by atoms with van der Waals surface area (Å²) in [6.45, 7) is 6.02. The third-order valence-electron chi connectivity index (χ3n) is 3.48. The second-order valence-electron chi connectivity index (χ2n) is 5.65. The van der Waals surface area contributed by atoms with Gasteiger partial charge in [-0.1, -0.05) is 49.8 Å². The zero-order valence-electron chi connectivity index (χ0n) is 13.2. The predicted octanol–water partition coefficient (Wildman–Crippen LogP) is 2.86. The van der Waals surface area contributed by atoms with E-state index in [0.717, 1.165) is 36.8 Å². The molecule has 1 atom stereocenters. The number of hydrogen-bond acceptors (Lipinski definition) is 2. The molecular weight excluding hydrogens is 264 g/mol. The Morgan fingerprint density at radius 1 is 1.10 bits per heavy atom. The molecule has 0 bridgehead atoms. The van der Waals surface area contributed by atoms with Crippen LogP contribution in [0.4, 0.5) is 0 Å². The number of amides is 2. The SMILES string of the molecule is CCCCCC[C@H](NC(=O)c1cc(C)cc(C)c1)C(N)=O. The lowest BCUT2D eigenvalue weighted by Gasteiger charge is -2.16. The van der Waals surface area contributed by atoms with E-state index >= 15 is 0 Å². The van der Waals surface area contributed by atoms with Crippen LogP contribution in [0.3, 0.4) is 0 Å². The van der Waals surface area contributed by atoms with E-state index in [1.165, 1.54) is 0 Å². The molecule has 0 aromatic heterocycles. The molecule has 1 aromatic carbocycles. The minimum Gasteiger partial charge on any atom is -0.368 e.